The van der Waals surface area contributed by atoms with E-state index >= 15 is 0 Å². The van der Waals surface area contributed by atoms with Crippen molar-refractivity contribution in [2.24, 2.45) is 0 Å². The minimum Gasteiger partial charge on any atom is -0.507 e. The molecule has 0 radical (unpaired) electrons. The third-order valence-corrected chi connectivity index (χ3v) is 3.70. The Morgan fingerprint density at radius 1 is 1.09 bits per heavy atom. The first-order valence-corrected chi connectivity index (χ1v) is 7.44. The average molecular weight is 363 g/mol. The normalized spacial score (nSPS) is 10.3. The van der Waals surface area contributed by atoms with Crippen molar-refractivity contribution in [3.8, 4) is 5.75 Å². The molecule has 4 nitrogen and oxygen atoms in total. The Morgan fingerprint density at radius 2 is 1.82 bits per heavy atom. The molecule has 0 amide bonds. The van der Waals surface area contributed by atoms with E-state index in [1.807, 2.05) is 26.0 Å². The van der Waals surface area contributed by atoms with Gasteiger partial charge in [0.2, 0.25) is 5.78 Å². The minimum atomic E-state index is -0.738. The molecule has 0 fully saturated rings. The highest BCUT2D eigenvalue weighted by atomic mass is 79.9. The van der Waals surface area contributed by atoms with Gasteiger partial charge in [-0.3, -0.25) is 4.79 Å². The van der Waals surface area contributed by atoms with Gasteiger partial charge < -0.3 is 9.84 Å². The fourth-order valence-electron chi connectivity index (χ4n) is 1.99. The van der Waals surface area contributed by atoms with Gasteiger partial charge in [0.15, 0.2) is 6.61 Å². The number of aryl methyl sites for hydroxylation is 2. The maximum absolute atomic E-state index is 12.2. The largest absolute Gasteiger partial charge is 0.507 e. The summed E-state index contributed by atoms with van der Waals surface area (Å²) in [6.07, 6.45) is 0. The fourth-order valence-corrected chi connectivity index (χ4v) is 2.36. The number of ether oxygens (including phenoxy) is 1. The van der Waals surface area contributed by atoms with Gasteiger partial charge in [-0.25, -0.2) is 4.79 Å². The Labute approximate surface area is 136 Å². The van der Waals surface area contributed by atoms with Gasteiger partial charge in [-0.05, 0) is 43.7 Å². The lowest BCUT2D eigenvalue weighted by Gasteiger charge is -2.08. The van der Waals surface area contributed by atoms with Gasteiger partial charge in [0.05, 0.1) is 0 Å². The Balaban J connectivity index is 2.09. The molecule has 0 aromatic heterocycles. The highest BCUT2D eigenvalue weighted by Crippen LogP contribution is 2.22. The van der Waals surface area contributed by atoms with Crippen LogP contribution in [0.1, 0.15) is 31.8 Å². The van der Waals surface area contributed by atoms with Crippen molar-refractivity contribution in [3.05, 3.63) is 63.1 Å². The number of aromatic hydroxyl groups is 1. The summed E-state index contributed by atoms with van der Waals surface area (Å²) in [5.74, 6) is -1.20. The molecule has 0 spiro atoms. The molecule has 114 valence electrons. The zero-order chi connectivity index (χ0) is 16.3. The first-order valence-electron chi connectivity index (χ1n) is 6.64. The van der Waals surface area contributed by atoms with Crippen LogP contribution < -0.4 is 0 Å². The van der Waals surface area contributed by atoms with Gasteiger partial charge in [-0.15, -0.1) is 0 Å². The number of Topliss-reactive ketones (excluding diaryl/α,β-unsaturated/α-hetero) is 1. The second-order valence-corrected chi connectivity index (χ2v) is 5.89. The van der Waals surface area contributed by atoms with E-state index in [-0.39, 0.29) is 23.7 Å². The van der Waals surface area contributed by atoms with Crippen molar-refractivity contribution in [2.45, 2.75) is 13.8 Å². The van der Waals surface area contributed by atoms with E-state index in [4.69, 9.17) is 4.74 Å². The Hall–Kier alpha value is -2.14. The first kappa shape index (κ1) is 16.2. The predicted octanol–water partition coefficient (Wildman–Crippen LogP) is 3.81. The predicted molar refractivity (Wildman–Crippen MR) is 86.3 cm³/mol. The number of phenolic OH excluding ortho intramolecular Hbond substituents is 1. The van der Waals surface area contributed by atoms with Crippen LogP contribution in [0, 0.1) is 13.8 Å². The molecule has 0 aliphatic carbocycles. The van der Waals surface area contributed by atoms with E-state index in [1.165, 1.54) is 12.1 Å². The summed E-state index contributed by atoms with van der Waals surface area (Å²) in [5, 5.41) is 9.66. The standard InChI is InChI=1S/C17H15BrO4/c1-10-3-4-11(2)13(7-10)16(20)9-22-17(21)14-8-12(18)5-6-15(14)19/h3-8,19H,9H2,1-2H3. The smallest absolute Gasteiger partial charge is 0.342 e. The van der Waals surface area contributed by atoms with Crippen molar-refractivity contribution in [1.29, 1.82) is 0 Å². The van der Waals surface area contributed by atoms with Gasteiger partial charge in [-0.2, -0.15) is 0 Å². The SMILES string of the molecule is Cc1ccc(C)c(C(=O)COC(=O)c2cc(Br)ccc2O)c1. The fraction of sp³-hybridized carbons (Fsp3) is 0.176. The lowest BCUT2D eigenvalue weighted by atomic mass is 10.0. The Bertz CT molecular complexity index is 674. The first-order chi connectivity index (χ1) is 10.4. The third-order valence-electron chi connectivity index (χ3n) is 3.21. The molecule has 2 aromatic rings. The number of carbonyl (C=O) groups is 2. The van der Waals surface area contributed by atoms with Crippen LogP contribution in [0.5, 0.6) is 5.75 Å². The molecule has 0 heterocycles. The molecule has 0 bridgehead atoms. The minimum absolute atomic E-state index is 0.0168. The molecule has 0 aliphatic rings. The topological polar surface area (TPSA) is 63.6 Å². The number of hydrogen-bond acceptors (Lipinski definition) is 4. The summed E-state index contributed by atoms with van der Waals surface area (Å²) < 4.78 is 5.64. The molecule has 0 aliphatic heterocycles. The molecule has 22 heavy (non-hydrogen) atoms. The van der Waals surface area contributed by atoms with Crippen LogP contribution in [0.4, 0.5) is 0 Å². The van der Waals surface area contributed by atoms with Crippen LogP contribution in [0.25, 0.3) is 0 Å². The molecule has 5 heteroatoms. The number of esters is 1. The number of phenols is 1. The van der Waals surface area contributed by atoms with Crippen LogP contribution in [-0.2, 0) is 4.74 Å². The summed E-state index contributed by atoms with van der Waals surface area (Å²) in [6, 6.07) is 9.96. The van der Waals surface area contributed by atoms with Crippen molar-refractivity contribution in [3.63, 3.8) is 0 Å². The van der Waals surface area contributed by atoms with Crippen molar-refractivity contribution >= 4 is 27.7 Å². The summed E-state index contributed by atoms with van der Waals surface area (Å²) in [6.45, 7) is 3.35. The van der Waals surface area contributed by atoms with E-state index in [2.05, 4.69) is 15.9 Å². The van der Waals surface area contributed by atoms with Crippen LogP contribution >= 0.6 is 15.9 Å². The molecule has 0 saturated carbocycles. The number of hydrogen-bond donors (Lipinski definition) is 1. The monoisotopic (exact) mass is 362 g/mol. The van der Waals surface area contributed by atoms with Crippen molar-refractivity contribution in [2.75, 3.05) is 6.61 Å². The number of carbonyl (C=O) groups excluding carboxylic acids is 2. The molecular formula is C17H15BrO4. The van der Waals surface area contributed by atoms with Crippen molar-refractivity contribution in [1.82, 2.24) is 0 Å². The number of benzene rings is 2. The molecule has 0 atom stereocenters. The van der Waals surface area contributed by atoms with Crippen LogP contribution in [0.3, 0.4) is 0 Å². The maximum Gasteiger partial charge on any atom is 0.342 e. The average Bonchev–Trinajstić information content (AvgIpc) is 2.49. The third kappa shape index (κ3) is 3.74. The summed E-state index contributed by atoms with van der Waals surface area (Å²) in [5.41, 5.74) is 2.34. The second kappa shape index (κ2) is 6.75. The van der Waals surface area contributed by atoms with Gasteiger partial charge in [0.1, 0.15) is 11.3 Å². The van der Waals surface area contributed by atoms with Gasteiger partial charge in [-0.1, -0.05) is 33.6 Å². The van der Waals surface area contributed by atoms with E-state index in [9.17, 15) is 14.7 Å². The highest BCUT2D eigenvalue weighted by Gasteiger charge is 2.16. The van der Waals surface area contributed by atoms with E-state index in [0.717, 1.165) is 11.1 Å². The molecule has 2 aromatic carbocycles. The van der Waals surface area contributed by atoms with Crippen LogP contribution in [-0.4, -0.2) is 23.5 Å². The molecule has 0 unspecified atom stereocenters. The zero-order valence-corrected chi connectivity index (χ0v) is 13.8. The highest BCUT2D eigenvalue weighted by molar-refractivity contribution is 9.10. The Morgan fingerprint density at radius 3 is 2.55 bits per heavy atom. The maximum atomic E-state index is 12.2. The van der Waals surface area contributed by atoms with Crippen LogP contribution in [0.15, 0.2) is 40.9 Å². The summed E-state index contributed by atoms with van der Waals surface area (Å²) >= 11 is 3.21. The summed E-state index contributed by atoms with van der Waals surface area (Å²) in [7, 11) is 0. The molecule has 2 rings (SSSR count). The Kier molecular flexibility index (Phi) is 4.98. The number of ketones is 1. The van der Waals surface area contributed by atoms with Crippen molar-refractivity contribution < 1.29 is 19.4 Å². The quantitative estimate of drug-likeness (QED) is 0.663. The van der Waals surface area contributed by atoms with Crippen LogP contribution in [0.2, 0.25) is 0 Å². The summed E-state index contributed by atoms with van der Waals surface area (Å²) in [4.78, 5) is 24.1. The van der Waals surface area contributed by atoms with E-state index in [0.29, 0.717) is 10.0 Å². The molecular weight excluding hydrogens is 348 g/mol. The molecule has 1 N–H and O–H groups in total. The number of rotatable bonds is 4. The van der Waals surface area contributed by atoms with E-state index < -0.39 is 5.97 Å². The van der Waals surface area contributed by atoms with Gasteiger partial charge in [0, 0.05) is 10.0 Å². The van der Waals surface area contributed by atoms with E-state index in [1.54, 1.807) is 12.1 Å². The molecule has 0 saturated heterocycles. The van der Waals surface area contributed by atoms with Gasteiger partial charge in [0.25, 0.3) is 0 Å². The lowest BCUT2D eigenvalue weighted by Crippen LogP contribution is -2.15. The number of halogens is 1. The van der Waals surface area contributed by atoms with Gasteiger partial charge >= 0.3 is 5.97 Å². The second-order valence-electron chi connectivity index (χ2n) is 4.98. The zero-order valence-electron chi connectivity index (χ0n) is 12.2. The lowest BCUT2D eigenvalue weighted by molar-refractivity contribution is 0.0471.